The fourth-order valence-corrected chi connectivity index (χ4v) is 3.50. The summed E-state index contributed by atoms with van der Waals surface area (Å²) in [4.78, 5) is 14.3. The Bertz CT molecular complexity index is 949. The van der Waals surface area contributed by atoms with Gasteiger partial charge in [-0.15, -0.1) is 10.2 Å². The SMILES string of the molecule is CN(Cc1ccc(Cl)c(Cl)c1)Cc1nnc(C(=O)Nc2ccc(F)cc2)s1. The Morgan fingerprint density at radius 2 is 1.85 bits per heavy atom. The lowest BCUT2D eigenvalue weighted by Gasteiger charge is -2.15. The number of halogens is 3. The van der Waals surface area contributed by atoms with Crippen LogP contribution in [-0.4, -0.2) is 28.1 Å². The normalized spacial score (nSPS) is 11.0. The van der Waals surface area contributed by atoms with Crippen LogP contribution in [-0.2, 0) is 13.1 Å². The van der Waals surface area contributed by atoms with E-state index >= 15 is 0 Å². The Kier molecular flexibility index (Phi) is 6.38. The molecule has 3 aromatic rings. The predicted molar refractivity (Wildman–Crippen MR) is 106 cm³/mol. The van der Waals surface area contributed by atoms with Crippen LogP contribution in [0.3, 0.4) is 0 Å². The zero-order valence-electron chi connectivity index (χ0n) is 14.2. The molecule has 0 aliphatic heterocycles. The third-order valence-electron chi connectivity index (χ3n) is 3.60. The van der Waals surface area contributed by atoms with Crippen molar-refractivity contribution in [3.63, 3.8) is 0 Å². The Morgan fingerprint density at radius 3 is 2.56 bits per heavy atom. The van der Waals surface area contributed by atoms with Gasteiger partial charge in [-0.1, -0.05) is 40.6 Å². The average Bonchev–Trinajstić information content (AvgIpc) is 3.08. The van der Waals surface area contributed by atoms with E-state index in [1.54, 1.807) is 6.07 Å². The standard InChI is InChI=1S/C18H15Cl2FN4OS/c1-25(9-11-2-7-14(19)15(20)8-11)10-16-23-24-18(27-16)17(26)22-13-5-3-12(21)4-6-13/h2-8H,9-10H2,1H3,(H,22,26). The third kappa shape index (κ3) is 5.46. The van der Waals surface area contributed by atoms with Crippen LogP contribution in [0, 0.1) is 5.82 Å². The van der Waals surface area contributed by atoms with Crippen molar-refractivity contribution in [2.45, 2.75) is 13.1 Å². The molecular formula is C18H15Cl2FN4OS. The molecule has 1 aromatic heterocycles. The van der Waals surface area contributed by atoms with E-state index in [9.17, 15) is 9.18 Å². The second kappa shape index (κ2) is 8.75. The van der Waals surface area contributed by atoms with E-state index in [0.717, 1.165) is 5.56 Å². The van der Waals surface area contributed by atoms with E-state index in [1.807, 2.05) is 24.1 Å². The van der Waals surface area contributed by atoms with Gasteiger partial charge in [0, 0.05) is 12.2 Å². The van der Waals surface area contributed by atoms with Crippen molar-refractivity contribution in [2.75, 3.05) is 12.4 Å². The highest BCUT2D eigenvalue weighted by Gasteiger charge is 2.14. The van der Waals surface area contributed by atoms with Gasteiger partial charge in [0.05, 0.1) is 16.6 Å². The molecule has 1 N–H and O–H groups in total. The number of aromatic nitrogens is 2. The number of hydrogen-bond acceptors (Lipinski definition) is 5. The minimum absolute atomic E-state index is 0.247. The van der Waals surface area contributed by atoms with E-state index in [1.165, 1.54) is 35.6 Å². The summed E-state index contributed by atoms with van der Waals surface area (Å²) in [5.74, 6) is -0.742. The molecule has 1 amide bonds. The topological polar surface area (TPSA) is 58.1 Å². The van der Waals surface area contributed by atoms with Crippen LogP contribution in [0.25, 0.3) is 0 Å². The van der Waals surface area contributed by atoms with E-state index in [-0.39, 0.29) is 16.7 Å². The number of rotatable bonds is 6. The van der Waals surface area contributed by atoms with E-state index in [2.05, 4.69) is 15.5 Å². The van der Waals surface area contributed by atoms with Gasteiger partial charge < -0.3 is 5.32 Å². The number of nitrogens with one attached hydrogen (secondary N) is 1. The highest BCUT2D eigenvalue weighted by molar-refractivity contribution is 7.13. The summed E-state index contributed by atoms with van der Waals surface area (Å²) in [5.41, 5.74) is 1.51. The molecule has 140 valence electrons. The minimum atomic E-state index is -0.377. The van der Waals surface area contributed by atoms with Crippen LogP contribution >= 0.6 is 34.5 Å². The van der Waals surface area contributed by atoms with E-state index in [4.69, 9.17) is 23.2 Å². The predicted octanol–water partition coefficient (Wildman–Crippen LogP) is 4.87. The van der Waals surface area contributed by atoms with Crippen LogP contribution in [0.5, 0.6) is 0 Å². The van der Waals surface area contributed by atoms with Crippen LogP contribution in [0.1, 0.15) is 20.4 Å². The number of carbonyl (C=O) groups is 1. The molecule has 0 saturated carbocycles. The van der Waals surface area contributed by atoms with Crippen LogP contribution in [0.4, 0.5) is 10.1 Å². The zero-order valence-corrected chi connectivity index (χ0v) is 16.6. The first kappa shape index (κ1) is 19.7. The minimum Gasteiger partial charge on any atom is -0.320 e. The first-order chi connectivity index (χ1) is 12.9. The van der Waals surface area contributed by atoms with Gasteiger partial charge in [-0.2, -0.15) is 0 Å². The Labute approximate surface area is 169 Å². The van der Waals surface area contributed by atoms with Crippen molar-refractivity contribution in [2.24, 2.45) is 0 Å². The summed E-state index contributed by atoms with van der Waals surface area (Å²) in [7, 11) is 1.93. The molecule has 3 rings (SSSR count). The van der Waals surface area contributed by atoms with Gasteiger partial charge in [0.25, 0.3) is 5.91 Å². The lowest BCUT2D eigenvalue weighted by Crippen LogP contribution is -2.17. The van der Waals surface area contributed by atoms with Gasteiger partial charge in [0.1, 0.15) is 10.8 Å². The first-order valence-electron chi connectivity index (χ1n) is 7.92. The Balaban J connectivity index is 1.58. The summed E-state index contributed by atoms with van der Waals surface area (Å²) >= 11 is 13.2. The van der Waals surface area contributed by atoms with Crippen LogP contribution < -0.4 is 5.32 Å². The van der Waals surface area contributed by atoms with Crippen LogP contribution in [0.2, 0.25) is 10.0 Å². The molecule has 9 heteroatoms. The highest BCUT2D eigenvalue weighted by atomic mass is 35.5. The quantitative estimate of drug-likeness (QED) is 0.613. The number of benzene rings is 2. The maximum atomic E-state index is 12.9. The molecule has 2 aromatic carbocycles. The van der Waals surface area contributed by atoms with Crippen molar-refractivity contribution in [3.8, 4) is 0 Å². The molecule has 5 nitrogen and oxygen atoms in total. The van der Waals surface area contributed by atoms with E-state index in [0.29, 0.717) is 33.8 Å². The molecular weight excluding hydrogens is 410 g/mol. The number of nitrogens with zero attached hydrogens (tertiary/aromatic N) is 3. The van der Waals surface area contributed by atoms with Gasteiger partial charge in [0.2, 0.25) is 5.01 Å². The van der Waals surface area contributed by atoms with Gasteiger partial charge >= 0.3 is 0 Å². The van der Waals surface area contributed by atoms with Gasteiger partial charge in [-0.3, -0.25) is 9.69 Å². The fourth-order valence-electron chi connectivity index (χ4n) is 2.36. The molecule has 0 fully saturated rings. The molecule has 0 aliphatic carbocycles. The van der Waals surface area contributed by atoms with Crippen molar-refractivity contribution >= 4 is 46.1 Å². The summed E-state index contributed by atoms with van der Waals surface area (Å²) in [6, 6.07) is 11.0. The molecule has 0 spiro atoms. The van der Waals surface area contributed by atoms with Crippen molar-refractivity contribution in [3.05, 3.63) is 73.9 Å². The van der Waals surface area contributed by atoms with Gasteiger partial charge in [-0.05, 0) is 49.0 Å². The lowest BCUT2D eigenvalue weighted by atomic mass is 10.2. The molecule has 0 saturated heterocycles. The van der Waals surface area contributed by atoms with E-state index < -0.39 is 0 Å². The molecule has 27 heavy (non-hydrogen) atoms. The number of amides is 1. The van der Waals surface area contributed by atoms with Gasteiger partial charge in [-0.25, -0.2) is 4.39 Å². The largest absolute Gasteiger partial charge is 0.320 e. The van der Waals surface area contributed by atoms with Gasteiger partial charge in [0.15, 0.2) is 0 Å². The molecule has 0 unspecified atom stereocenters. The third-order valence-corrected chi connectivity index (χ3v) is 5.25. The van der Waals surface area contributed by atoms with Crippen LogP contribution in [0.15, 0.2) is 42.5 Å². The fraction of sp³-hybridized carbons (Fsp3) is 0.167. The highest BCUT2D eigenvalue weighted by Crippen LogP contribution is 2.23. The maximum Gasteiger partial charge on any atom is 0.286 e. The monoisotopic (exact) mass is 424 g/mol. The first-order valence-corrected chi connectivity index (χ1v) is 9.50. The van der Waals surface area contributed by atoms with Crippen molar-refractivity contribution < 1.29 is 9.18 Å². The second-order valence-corrected chi connectivity index (χ2v) is 7.76. The summed E-state index contributed by atoms with van der Waals surface area (Å²) in [6.07, 6.45) is 0. The van der Waals surface area contributed by atoms with Crippen molar-refractivity contribution in [1.82, 2.24) is 15.1 Å². The molecule has 0 aliphatic rings. The zero-order chi connectivity index (χ0) is 19.4. The summed E-state index contributed by atoms with van der Waals surface area (Å²) in [6.45, 7) is 1.18. The Hall–Kier alpha value is -2.06. The number of carbonyl (C=O) groups excluding carboxylic acids is 1. The average molecular weight is 425 g/mol. The number of hydrogen-bond donors (Lipinski definition) is 1. The molecule has 0 bridgehead atoms. The smallest absolute Gasteiger partial charge is 0.286 e. The maximum absolute atomic E-state index is 12.9. The molecule has 0 radical (unpaired) electrons. The second-order valence-electron chi connectivity index (χ2n) is 5.88. The molecule has 0 atom stereocenters. The lowest BCUT2D eigenvalue weighted by molar-refractivity contribution is 0.102. The molecule has 1 heterocycles. The summed E-state index contributed by atoms with van der Waals surface area (Å²) < 4.78 is 12.9. The summed E-state index contributed by atoms with van der Waals surface area (Å²) in [5, 5.41) is 12.7. The Morgan fingerprint density at radius 1 is 1.11 bits per heavy atom. The van der Waals surface area contributed by atoms with Crippen molar-refractivity contribution in [1.29, 1.82) is 0 Å². The number of anilines is 1.